The number of nitrogens with zero attached hydrogens (tertiary/aromatic N) is 1. The zero-order chi connectivity index (χ0) is 8.81. The molecule has 1 aromatic rings. The van der Waals surface area contributed by atoms with Crippen LogP contribution in [0.3, 0.4) is 0 Å². The molecular formula is C9H9BrN2. The SMILES string of the molecule is Nc1cccnc1C#CCCBr. The fourth-order valence-electron chi connectivity index (χ4n) is 0.716. The van der Waals surface area contributed by atoms with Gasteiger partial charge in [-0.15, -0.1) is 0 Å². The van der Waals surface area contributed by atoms with Crippen LogP contribution >= 0.6 is 15.9 Å². The molecule has 62 valence electrons. The van der Waals surface area contributed by atoms with Crippen LogP contribution in [0.1, 0.15) is 12.1 Å². The van der Waals surface area contributed by atoms with Crippen LogP contribution in [-0.4, -0.2) is 10.3 Å². The Bertz CT molecular complexity index is 312. The molecule has 3 heteroatoms. The summed E-state index contributed by atoms with van der Waals surface area (Å²) in [6, 6.07) is 3.59. The summed E-state index contributed by atoms with van der Waals surface area (Å²) in [4.78, 5) is 4.04. The van der Waals surface area contributed by atoms with Crippen molar-refractivity contribution in [2.24, 2.45) is 0 Å². The smallest absolute Gasteiger partial charge is 0.136 e. The van der Waals surface area contributed by atoms with Gasteiger partial charge in [-0.05, 0) is 18.1 Å². The van der Waals surface area contributed by atoms with Gasteiger partial charge in [-0.1, -0.05) is 21.9 Å². The molecule has 2 N–H and O–H groups in total. The van der Waals surface area contributed by atoms with E-state index in [4.69, 9.17) is 5.73 Å². The molecule has 0 atom stereocenters. The van der Waals surface area contributed by atoms with Crippen molar-refractivity contribution in [2.75, 3.05) is 11.1 Å². The summed E-state index contributed by atoms with van der Waals surface area (Å²) in [5.41, 5.74) is 6.93. The van der Waals surface area contributed by atoms with Crippen LogP contribution < -0.4 is 5.73 Å². The molecule has 0 aliphatic heterocycles. The van der Waals surface area contributed by atoms with Crippen molar-refractivity contribution in [1.29, 1.82) is 0 Å². The predicted molar refractivity (Wildman–Crippen MR) is 53.9 cm³/mol. The number of nitrogens with two attached hydrogens (primary N) is 1. The van der Waals surface area contributed by atoms with E-state index >= 15 is 0 Å². The number of aromatic nitrogens is 1. The molecule has 0 amide bonds. The van der Waals surface area contributed by atoms with E-state index in [-0.39, 0.29) is 0 Å². The zero-order valence-corrected chi connectivity index (χ0v) is 8.13. The molecule has 1 rings (SSSR count). The summed E-state index contributed by atoms with van der Waals surface area (Å²) in [6.07, 6.45) is 2.50. The Kier molecular flexibility index (Phi) is 3.62. The van der Waals surface area contributed by atoms with E-state index in [9.17, 15) is 0 Å². The van der Waals surface area contributed by atoms with E-state index in [0.717, 1.165) is 11.8 Å². The third-order valence-corrected chi connectivity index (χ3v) is 1.66. The fourth-order valence-corrected chi connectivity index (χ4v) is 0.914. The third-order valence-electron chi connectivity index (χ3n) is 1.27. The van der Waals surface area contributed by atoms with Gasteiger partial charge < -0.3 is 5.73 Å². The minimum atomic E-state index is 0.638. The molecule has 0 bridgehead atoms. The van der Waals surface area contributed by atoms with Gasteiger partial charge in [0.15, 0.2) is 0 Å². The second-order valence-electron chi connectivity index (χ2n) is 2.18. The number of hydrogen-bond donors (Lipinski definition) is 1. The van der Waals surface area contributed by atoms with Crippen LogP contribution in [0, 0.1) is 11.8 Å². The molecule has 0 aliphatic rings. The molecule has 0 saturated carbocycles. The van der Waals surface area contributed by atoms with Crippen molar-refractivity contribution < 1.29 is 0 Å². The van der Waals surface area contributed by atoms with Gasteiger partial charge in [-0.2, -0.15) is 0 Å². The van der Waals surface area contributed by atoms with E-state index in [1.165, 1.54) is 0 Å². The second-order valence-corrected chi connectivity index (χ2v) is 2.97. The first-order valence-electron chi connectivity index (χ1n) is 3.60. The molecule has 0 radical (unpaired) electrons. The minimum Gasteiger partial charge on any atom is -0.396 e. The monoisotopic (exact) mass is 224 g/mol. The Balaban J connectivity index is 2.77. The summed E-state index contributed by atoms with van der Waals surface area (Å²) >= 11 is 3.29. The Hall–Kier alpha value is -1.01. The van der Waals surface area contributed by atoms with E-state index < -0.39 is 0 Å². The van der Waals surface area contributed by atoms with Gasteiger partial charge in [-0.3, -0.25) is 0 Å². The van der Waals surface area contributed by atoms with Gasteiger partial charge >= 0.3 is 0 Å². The van der Waals surface area contributed by atoms with Crippen LogP contribution in [0.4, 0.5) is 5.69 Å². The normalized spacial score (nSPS) is 8.75. The topological polar surface area (TPSA) is 38.9 Å². The molecule has 0 spiro atoms. The fraction of sp³-hybridized carbons (Fsp3) is 0.222. The average Bonchev–Trinajstić information content (AvgIpc) is 2.09. The molecule has 0 aromatic carbocycles. The molecule has 0 aliphatic carbocycles. The largest absolute Gasteiger partial charge is 0.396 e. The molecule has 2 nitrogen and oxygen atoms in total. The molecule has 1 heterocycles. The lowest BCUT2D eigenvalue weighted by atomic mass is 10.3. The lowest BCUT2D eigenvalue weighted by molar-refractivity contribution is 1.28. The summed E-state index contributed by atoms with van der Waals surface area (Å²) in [5.74, 6) is 5.85. The number of alkyl halides is 1. The van der Waals surface area contributed by atoms with E-state index in [1.807, 2.05) is 0 Å². The van der Waals surface area contributed by atoms with Crippen molar-refractivity contribution in [2.45, 2.75) is 6.42 Å². The molecule has 0 fully saturated rings. The molecule has 12 heavy (non-hydrogen) atoms. The van der Waals surface area contributed by atoms with E-state index in [0.29, 0.717) is 11.4 Å². The van der Waals surface area contributed by atoms with Crippen molar-refractivity contribution >= 4 is 21.6 Å². The lowest BCUT2D eigenvalue weighted by Crippen LogP contribution is -1.91. The number of halogens is 1. The van der Waals surface area contributed by atoms with Crippen molar-refractivity contribution in [3.05, 3.63) is 24.0 Å². The highest BCUT2D eigenvalue weighted by Gasteiger charge is 1.91. The first-order valence-corrected chi connectivity index (χ1v) is 4.72. The molecule has 1 aromatic heterocycles. The summed E-state index contributed by atoms with van der Waals surface area (Å²) < 4.78 is 0. The van der Waals surface area contributed by atoms with Crippen LogP contribution in [-0.2, 0) is 0 Å². The molecule has 0 unspecified atom stereocenters. The van der Waals surface area contributed by atoms with Gasteiger partial charge in [0.2, 0.25) is 0 Å². The zero-order valence-electron chi connectivity index (χ0n) is 6.55. The highest BCUT2D eigenvalue weighted by Crippen LogP contribution is 2.04. The Morgan fingerprint density at radius 2 is 2.42 bits per heavy atom. The van der Waals surface area contributed by atoms with Crippen LogP contribution in [0.25, 0.3) is 0 Å². The number of rotatable bonds is 1. The first kappa shape index (κ1) is 9.08. The second kappa shape index (κ2) is 4.78. The summed E-state index contributed by atoms with van der Waals surface area (Å²) in [5, 5.41) is 0.882. The van der Waals surface area contributed by atoms with Gasteiger partial charge in [0.05, 0.1) is 5.69 Å². The lowest BCUT2D eigenvalue weighted by Gasteiger charge is -1.93. The predicted octanol–water partition coefficient (Wildman–Crippen LogP) is 1.80. The highest BCUT2D eigenvalue weighted by atomic mass is 79.9. The maximum absolute atomic E-state index is 5.63. The number of hydrogen-bond acceptors (Lipinski definition) is 2. The number of nitrogen functional groups attached to an aromatic ring is 1. The number of pyridine rings is 1. The quantitative estimate of drug-likeness (QED) is 0.584. The first-order chi connectivity index (χ1) is 5.84. The molecular weight excluding hydrogens is 216 g/mol. The van der Waals surface area contributed by atoms with Crippen LogP contribution in [0.15, 0.2) is 18.3 Å². The Labute approximate surface area is 80.3 Å². The van der Waals surface area contributed by atoms with Crippen molar-refractivity contribution in [3.63, 3.8) is 0 Å². The molecule has 0 saturated heterocycles. The Morgan fingerprint density at radius 3 is 3.08 bits per heavy atom. The standard InChI is InChI=1S/C9H9BrN2/c10-6-2-1-5-9-8(11)4-3-7-12-9/h3-4,7H,2,6,11H2. The minimum absolute atomic E-state index is 0.638. The third kappa shape index (κ3) is 2.55. The van der Waals surface area contributed by atoms with Gasteiger partial charge in [-0.25, -0.2) is 4.98 Å². The van der Waals surface area contributed by atoms with Gasteiger partial charge in [0.1, 0.15) is 5.69 Å². The maximum atomic E-state index is 5.63. The van der Waals surface area contributed by atoms with Crippen LogP contribution in [0.5, 0.6) is 0 Å². The van der Waals surface area contributed by atoms with Gasteiger partial charge in [0.25, 0.3) is 0 Å². The average molecular weight is 225 g/mol. The van der Waals surface area contributed by atoms with Gasteiger partial charge in [0, 0.05) is 17.9 Å². The van der Waals surface area contributed by atoms with E-state index in [1.54, 1.807) is 18.3 Å². The van der Waals surface area contributed by atoms with Crippen molar-refractivity contribution in [3.8, 4) is 11.8 Å². The summed E-state index contributed by atoms with van der Waals surface area (Å²) in [7, 11) is 0. The van der Waals surface area contributed by atoms with Crippen molar-refractivity contribution in [1.82, 2.24) is 4.98 Å². The Morgan fingerprint density at radius 1 is 1.58 bits per heavy atom. The van der Waals surface area contributed by atoms with Crippen LogP contribution in [0.2, 0.25) is 0 Å². The number of anilines is 1. The summed E-state index contributed by atoms with van der Waals surface area (Å²) in [6.45, 7) is 0. The highest BCUT2D eigenvalue weighted by molar-refractivity contribution is 9.09. The van der Waals surface area contributed by atoms with E-state index in [2.05, 4.69) is 32.8 Å². The maximum Gasteiger partial charge on any atom is 0.136 e.